The number of anilines is 1. The van der Waals surface area contributed by atoms with Crippen LogP contribution in [0, 0.1) is 17.7 Å². The highest BCUT2D eigenvalue weighted by Crippen LogP contribution is 2.29. The first-order chi connectivity index (χ1) is 9.52. The predicted molar refractivity (Wildman–Crippen MR) is 77.2 cm³/mol. The second kappa shape index (κ2) is 6.20. The number of hydrogen-bond acceptors (Lipinski definition) is 3. The summed E-state index contributed by atoms with van der Waals surface area (Å²) >= 11 is 0. The van der Waals surface area contributed by atoms with Gasteiger partial charge in [0.1, 0.15) is 11.6 Å². The van der Waals surface area contributed by atoms with Crippen LogP contribution in [0.15, 0.2) is 12.3 Å². The number of pyridine rings is 1. The SMILES string of the molecule is CNc1ncc(F)cc1C(=O)NC1CCCC(C)C1C. The standard InChI is InChI=1S/C15H22FN3O/c1-9-5-4-6-13(10(9)2)19-15(20)12-7-11(16)8-18-14(12)17-3/h7-10,13H,4-6H2,1-3H3,(H,17,18)(H,19,20). The van der Waals surface area contributed by atoms with Gasteiger partial charge < -0.3 is 10.6 Å². The molecule has 0 saturated heterocycles. The number of amides is 1. The molecule has 0 aromatic carbocycles. The molecule has 0 aliphatic heterocycles. The molecule has 4 nitrogen and oxygen atoms in total. The van der Waals surface area contributed by atoms with E-state index in [1.165, 1.54) is 12.5 Å². The van der Waals surface area contributed by atoms with Crippen LogP contribution in [0.3, 0.4) is 0 Å². The van der Waals surface area contributed by atoms with Crippen LogP contribution in [-0.4, -0.2) is 24.0 Å². The lowest BCUT2D eigenvalue weighted by Gasteiger charge is -2.34. The van der Waals surface area contributed by atoms with Crippen LogP contribution in [0.2, 0.25) is 0 Å². The van der Waals surface area contributed by atoms with Gasteiger partial charge in [-0.15, -0.1) is 0 Å². The molecule has 5 heteroatoms. The van der Waals surface area contributed by atoms with Gasteiger partial charge in [-0.25, -0.2) is 9.37 Å². The first-order valence-corrected chi connectivity index (χ1v) is 7.17. The molecule has 3 unspecified atom stereocenters. The van der Waals surface area contributed by atoms with E-state index in [9.17, 15) is 9.18 Å². The lowest BCUT2D eigenvalue weighted by Crippen LogP contribution is -2.43. The van der Waals surface area contributed by atoms with Gasteiger partial charge in [0.2, 0.25) is 0 Å². The van der Waals surface area contributed by atoms with Crippen LogP contribution in [0.1, 0.15) is 43.5 Å². The van der Waals surface area contributed by atoms with Crippen molar-refractivity contribution >= 4 is 11.7 Å². The Labute approximate surface area is 119 Å². The second-order valence-corrected chi connectivity index (χ2v) is 5.65. The third kappa shape index (κ3) is 3.08. The average molecular weight is 279 g/mol. The Morgan fingerprint density at radius 2 is 2.15 bits per heavy atom. The van der Waals surface area contributed by atoms with Crippen LogP contribution in [0.4, 0.5) is 10.2 Å². The highest BCUT2D eigenvalue weighted by atomic mass is 19.1. The molecule has 1 saturated carbocycles. The minimum absolute atomic E-state index is 0.152. The van der Waals surface area contributed by atoms with E-state index in [2.05, 4.69) is 29.5 Å². The van der Waals surface area contributed by atoms with E-state index in [4.69, 9.17) is 0 Å². The van der Waals surface area contributed by atoms with Gasteiger partial charge >= 0.3 is 0 Å². The first-order valence-electron chi connectivity index (χ1n) is 7.17. The summed E-state index contributed by atoms with van der Waals surface area (Å²) in [7, 11) is 1.67. The fourth-order valence-electron chi connectivity index (χ4n) is 2.84. The minimum atomic E-state index is -0.501. The van der Waals surface area contributed by atoms with E-state index >= 15 is 0 Å². The third-order valence-electron chi connectivity index (χ3n) is 4.36. The summed E-state index contributed by atoms with van der Waals surface area (Å²) in [5.74, 6) is 0.683. The van der Waals surface area contributed by atoms with Crippen LogP contribution in [0.25, 0.3) is 0 Å². The van der Waals surface area contributed by atoms with Gasteiger partial charge in [0.25, 0.3) is 5.91 Å². The maximum absolute atomic E-state index is 13.3. The molecule has 1 aromatic rings. The number of rotatable bonds is 3. The Morgan fingerprint density at radius 1 is 1.40 bits per heavy atom. The van der Waals surface area contributed by atoms with Crippen LogP contribution < -0.4 is 10.6 Å². The highest BCUT2D eigenvalue weighted by molar-refractivity contribution is 5.98. The zero-order chi connectivity index (χ0) is 14.7. The smallest absolute Gasteiger partial charge is 0.255 e. The normalized spacial score (nSPS) is 26.1. The molecule has 0 spiro atoms. The number of aromatic nitrogens is 1. The average Bonchev–Trinajstić information content (AvgIpc) is 2.43. The Morgan fingerprint density at radius 3 is 2.85 bits per heavy atom. The monoisotopic (exact) mass is 279 g/mol. The maximum atomic E-state index is 13.3. The van der Waals surface area contributed by atoms with Gasteiger partial charge in [-0.05, 0) is 24.3 Å². The molecular formula is C15H22FN3O. The summed E-state index contributed by atoms with van der Waals surface area (Å²) < 4.78 is 13.3. The summed E-state index contributed by atoms with van der Waals surface area (Å²) in [6, 6.07) is 1.38. The number of hydrogen-bond donors (Lipinski definition) is 2. The summed E-state index contributed by atoms with van der Waals surface area (Å²) in [5, 5.41) is 5.85. The second-order valence-electron chi connectivity index (χ2n) is 5.65. The van der Waals surface area contributed by atoms with Crippen molar-refractivity contribution in [2.24, 2.45) is 11.8 Å². The summed E-state index contributed by atoms with van der Waals surface area (Å²) in [4.78, 5) is 16.2. The van der Waals surface area contributed by atoms with Crippen molar-refractivity contribution in [2.75, 3.05) is 12.4 Å². The largest absolute Gasteiger partial charge is 0.372 e. The zero-order valence-electron chi connectivity index (χ0n) is 12.2. The molecule has 3 atom stereocenters. The number of nitrogens with zero attached hydrogens (tertiary/aromatic N) is 1. The van der Waals surface area contributed by atoms with E-state index in [1.807, 2.05) is 0 Å². The molecule has 110 valence electrons. The van der Waals surface area contributed by atoms with Gasteiger partial charge in [-0.1, -0.05) is 26.7 Å². The first kappa shape index (κ1) is 14.8. The molecule has 2 N–H and O–H groups in total. The number of halogens is 1. The van der Waals surface area contributed by atoms with Crippen molar-refractivity contribution < 1.29 is 9.18 Å². The Bertz CT molecular complexity index is 492. The minimum Gasteiger partial charge on any atom is -0.372 e. The molecule has 1 aliphatic rings. The summed E-state index contributed by atoms with van der Waals surface area (Å²) in [6.07, 6.45) is 4.41. The van der Waals surface area contributed by atoms with Crippen molar-refractivity contribution in [2.45, 2.75) is 39.2 Å². The summed E-state index contributed by atoms with van der Waals surface area (Å²) in [6.45, 7) is 4.38. The van der Waals surface area contributed by atoms with Crippen molar-refractivity contribution in [1.82, 2.24) is 10.3 Å². The highest BCUT2D eigenvalue weighted by Gasteiger charge is 2.29. The Balaban J connectivity index is 2.13. The molecule has 1 heterocycles. The lowest BCUT2D eigenvalue weighted by atomic mass is 9.78. The number of carbonyl (C=O) groups is 1. The van der Waals surface area contributed by atoms with Crippen LogP contribution in [0.5, 0.6) is 0 Å². The van der Waals surface area contributed by atoms with Crippen LogP contribution in [-0.2, 0) is 0 Å². The van der Waals surface area contributed by atoms with E-state index in [1.54, 1.807) is 7.05 Å². The van der Waals surface area contributed by atoms with Gasteiger partial charge in [0.15, 0.2) is 0 Å². The molecule has 2 rings (SSSR count). The number of carbonyl (C=O) groups excluding carboxylic acids is 1. The maximum Gasteiger partial charge on any atom is 0.255 e. The van der Waals surface area contributed by atoms with Crippen molar-refractivity contribution in [3.63, 3.8) is 0 Å². The van der Waals surface area contributed by atoms with Gasteiger partial charge in [0.05, 0.1) is 11.8 Å². The summed E-state index contributed by atoms with van der Waals surface area (Å²) in [5.41, 5.74) is 0.262. The van der Waals surface area contributed by atoms with E-state index in [-0.39, 0.29) is 17.5 Å². The molecule has 1 aromatic heterocycles. The Hall–Kier alpha value is -1.65. The van der Waals surface area contributed by atoms with Gasteiger partial charge in [-0.2, -0.15) is 0 Å². The molecule has 0 radical (unpaired) electrons. The topological polar surface area (TPSA) is 54.0 Å². The van der Waals surface area contributed by atoms with E-state index in [0.717, 1.165) is 19.0 Å². The fourth-order valence-corrected chi connectivity index (χ4v) is 2.84. The third-order valence-corrected chi connectivity index (χ3v) is 4.36. The van der Waals surface area contributed by atoms with E-state index in [0.29, 0.717) is 17.7 Å². The van der Waals surface area contributed by atoms with Crippen molar-refractivity contribution in [3.05, 3.63) is 23.6 Å². The molecule has 20 heavy (non-hydrogen) atoms. The predicted octanol–water partition coefficient (Wildman–Crippen LogP) is 2.82. The van der Waals surface area contributed by atoms with Gasteiger partial charge in [-0.3, -0.25) is 4.79 Å². The van der Waals surface area contributed by atoms with Crippen LogP contribution >= 0.6 is 0 Å². The lowest BCUT2D eigenvalue weighted by molar-refractivity contribution is 0.0891. The zero-order valence-corrected chi connectivity index (χ0v) is 12.2. The van der Waals surface area contributed by atoms with Crippen molar-refractivity contribution in [1.29, 1.82) is 0 Å². The molecule has 1 amide bonds. The molecular weight excluding hydrogens is 257 g/mol. The number of nitrogens with one attached hydrogen (secondary N) is 2. The van der Waals surface area contributed by atoms with E-state index < -0.39 is 5.82 Å². The molecule has 0 bridgehead atoms. The quantitative estimate of drug-likeness (QED) is 0.894. The molecule has 1 fully saturated rings. The van der Waals surface area contributed by atoms with Gasteiger partial charge in [0, 0.05) is 13.1 Å². The van der Waals surface area contributed by atoms with Crippen molar-refractivity contribution in [3.8, 4) is 0 Å². The molecule has 1 aliphatic carbocycles. The fraction of sp³-hybridized carbons (Fsp3) is 0.600. The Kier molecular flexibility index (Phi) is 4.57.